The van der Waals surface area contributed by atoms with Crippen LogP contribution in [0.15, 0.2) is 33.9 Å². The summed E-state index contributed by atoms with van der Waals surface area (Å²) >= 11 is 0. The highest BCUT2D eigenvalue weighted by Gasteiger charge is 2.62. The second kappa shape index (κ2) is 8.63. The maximum atomic E-state index is 13.2. The van der Waals surface area contributed by atoms with E-state index in [1.807, 2.05) is 0 Å². The molecule has 0 spiro atoms. The third-order valence-corrected chi connectivity index (χ3v) is 7.55. The first-order chi connectivity index (χ1) is 16.2. The van der Waals surface area contributed by atoms with Crippen LogP contribution < -0.4 is 11.2 Å². The Labute approximate surface area is 194 Å². The molecule has 2 aliphatic carbocycles. The van der Waals surface area contributed by atoms with Crippen molar-refractivity contribution in [2.45, 2.75) is 44.6 Å². The predicted molar refractivity (Wildman–Crippen MR) is 120 cm³/mol. The fourth-order valence-corrected chi connectivity index (χ4v) is 5.32. The Hall–Kier alpha value is -3.04. The Bertz CT molecular complexity index is 1220. The van der Waals surface area contributed by atoms with E-state index in [0.717, 1.165) is 12.8 Å². The van der Waals surface area contributed by atoms with Crippen LogP contribution in [0.5, 0.6) is 0 Å². The number of aromatic nitrogens is 2. The van der Waals surface area contributed by atoms with E-state index < -0.39 is 23.4 Å². The summed E-state index contributed by atoms with van der Waals surface area (Å²) in [6.07, 6.45) is 2.47. The Balaban J connectivity index is 1.14. The van der Waals surface area contributed by atoms with E-state index in [-0.39, 0.29) is 29.7 Å². The van der Waals surface area contributed by atoms with Crippen molar-refractivity contribution in [3.8, 4) is 0 Å². The third-order valence-electron chi connectivity index (χ3n) is 7.55. The van der Waals surface area contributed by atoms with Crippen molar-refractivity contribution in [2.75, 3.05) is 26.2 Å². The topological polar surface area (TPSA) is 95.5 Å². The number of H-pyrrole nitrogens is 1. The van der Waals surface area contributed by atoms with E-state index in [9.17, 15) is 28.0 Å². The van der Waals surface area contributed by atoms with Gasteiger partial charge in [0.25, 0.3) is 11.5 Å². The lowest BCUT2D eigenvalue weighted by atomic mass is 9.81. The predicted octanol–water partition coefficient (Wildman–Crippen LogP) is 1.82. The van der Waals surface area contributed by atoms with Gasteiger partial charge in [-0.3, -0.25) is 19.0 Å². The Morgan fingerprint density at radius 3 is 2.15 bits per heavy atom. The molecule has 2 saturated carbocycles. The molecule has 0 bridgehead atoms. The van der Waals surface area contributed by atoms with Gasteiger partial charge in [0, 0.05) is 45.1 Å². The standard InChI is InChI=1S/C24H28F2N4O4/c25-24(26)13-18(24)22(33)29-11-9-28(10-12-29)20(31)16-7-5-15(6-8-16)14-30-21(32)17-3-1-2-4-19(17)27-23(30)34/h1-4,15-16,18H,5-14H2,(H,27,34). The summed E-state index contributed by atoms with van der Waals surface area (Å²) < 4.78 is 27.6. The van der Waals surface area contributed by atoms with Crippen LogP contribution >= 0.6 is 0 Å². The van der Waals surface area contributed by atoms with Crippen molar-refractivity contribution < 1.29 is 18.4 Å². The van der Waals surface area contributed by atoms with Crippen LogP contribution in [0.4, 0.5) is 8.78 Å². The monoisotopic (exact) mass is 474 g/mol. The molecule has 10 heteroatoms. The molecule has 8 nitrogen and oxygen atoms in total. The number of alkyl halides is 2. The zero-order valence-corrected chi connectivity index (χ0v) is 18.8. The average Bonchev–Trinajstić information content (AvgIpc) is 3.49. The van der Waals surface area contributed by atoms with Crippen molar-refractivity contribution in [1.82, 2.24) is 19.4 Å². The van der Waals surface area contributed by atoms with Crippen LogP contribution in [0, 0.1) is 17.8 Å². The molecule has 3 aliphatic rings. The molecule has 182 valence electrons. The number of hydrogen-bond donors (Lipinski definition) is 1. The number of nitrogens with one attached hydrogen (secondary N) is 1. The fraction of sp³-hybridized carbons (Fsp3) is 0.583. The highest BCUT2D eigenvalue weighted by atomic mass is 19.3. The van der Waals surface area contributed by atoms with Gasteiger partial charge in [0.1, 0.15) is 5.92 Å². The number of nitrogens with zero attached hydrogens (tertiary/aromatic N) is 3. The molecular weight excluding hydrogens is 446 g/mol. The average molecular weight is 475 g/mol. The molecule has 1 aliphatic heterocycles. The first kappa shape index (κ1) is 22.7. The van der Waals surface area contributed by atoms with Crippen LogP contribution in [-0.2, 0) is 16.1 Å². The fourth-order valence-electron chi connectivity index (χ4n) is 5.32. The highest BCUT2D eigenvalue weighted by Crippen LogP contribution is 2.49. The minimum Gasteiger partial charge on any atom is -0.339 e. The van der Waals surface area contributed by atoms with E-state index in [2.05, 4.69) is 4.98 Å². The van der Waals surface area contributed by atoms with Crippen LogP contribution in [-0.4, -0.2) is 63.3 Å². The number of para-hydroxylation sites is 1. The van der Waals surface area contributed by atoms with Crippen LogP contribution in [0.1, 0.15) is 32.1 Å². The van der Waals surface area contributed by atoms with Gasteiger partial charge < -0.3 is 14.8 Å². The molecule has 2 aromatic rings. The first-order valence-corrected chi connectivity index (χ1v) is 11.9. The molecular formula is C24H28F2N4O4. The van der Waals surface area contributed by atoms with Crippen LogP contribution in [0.3, 0.4) is 0 Å². The third kappa shape index (κ3) is 4.25. The van der Waals surface area contributed by atoms with Crippen molar-refractivity contribution in [3.63, 3.8) is 0 Å². The molecule has 3 fully saturated rings. The molecule has 1 N–H and O–H groups in total. The molecule has 1 atom stereocenters. The molecule has 34 heavy (non-hydrogen) atoms. The van der Waals surface area contributed by atoms with Crippen molar-refractivity contribution in [2.24, 2.45) is 17.8 Å². The smallest absolute Gasteiger partial charge is 0.328 e. The minimum absolute atomic E-state index is 0.0445. The van der Waals surface area contributed by atoms with Gasteiger partial charge in [-0.05, 0) is 43.7 Å². The number of benzene rings is 1. The summed E-state index contributed by atoms with van der Waals surface area (Å²) in [7, 11) is 0. The van der Waals surface area contributed by atoms with E-state index in [1.165, 1.54) is 9.47 Å². The first-order valence-electron chi connectivity index (χ1n) is 11.9. The molecule has 1 saturated heterocycles. The second-order valence-electron chi connectivity index (χ2n) is 9.78. The molecule has 0 radical (unpaired) electrons. The van der Waals surface area contributed by atoms with Crippen molar-refractivity contribution in [3.05, 3.63) is 45.1 Å². The number of piperazine rings is 1. The molecule has 1 unspecified atom stereocenters. The molecule has 1 aromatic heterocycles. The summed E-state index contributed by atoms with van der Waals surface area (Å²) in [5.41, 5.74) is -0.192. The van der Waals surface area contributed by atoms with Gasteiger partial charge in [-0.2, -0.15) is 0 Å². The lowest BCUT2D eigenvalue weighted by Crippen LogP contribution is -2.52. The van der Waals surface area contributed by atoms with E-state index in [1.54, 1.807) is 29.2 Å². The number of fused-ring (bicyclic) bond motifs is 1. The van der Waals surface area contributed by atoms with E-state index in [0.29, 0.717) is 56.5 Å². The molecule has 2 heterocycles. The molecule has 5 rings (SSSR count). The van der Waals surface area contributed by atoms with E-state index >= 15 is 0 Å². The lowest BCUT2D eigenvalue weighted by Gasteiger charge is -2.38. The minimum atomic E-state index is -2.87. The number of aromatic amines is 1. The van der Waals surface area contributed by atoms with Crippen molar-refractivity contribution in [1.29, 1.82) is 0 Å². The van der Waals surface area contributed by atoms with E-state index in [4.69, 9.17) is 0 Å². The number of hydrogen-bond acceptors (Lipinski definition) is 4. The zero-order chi connectivity index (χ0) is 24.0. The Morgan fingerprint density at radius 1 is 0.941 bits per heavy atom. The molecule has 2 amide bonds. The van der Waals surface area contributed by atoms with Gasteiger partial charge in [-0.25, -0.2) is 13.6 Å². The lowest BCUT2D eigenvalue weighted by molar-refractivity contribution is -0.144. The quantitative estimate of drug-likeness (QED) is 0.731. The summed E-state index contributed by atoms with van der Waals surface area (Å²) in [5, 5.41) is 0.481. The number of carbonyl (C=O) groups is 2. The number of amides is 2. The van der Waals surface area contributed by atoms with Crippen LogP contribution in [0.2, 0.25) is 0 Å². The maximum absolute atomic E-state index is 13.2. The summed E-state index contributed by atoms with van der Waals surface area (Å²) in [6, 6.07) is 6.93. The summed E-state index contributed by atoms with van der Waals surface area (Å²) in [5.74, 6) is -4.51. The van der Waals surface area contributed by atoms with Crippen molar-refractivity contribution >= 4 is 22.7 Å². The Kier molecular flexibility index (Phi) is 5.77. The number of rotatable bonds is 4. The summed E-state index contributed by atoms with van der Waals surface area (Å²) in [6.45, 7) is 1.64. The normalized spacial score (nSPS) is 26.5. The summed E-state index contributed by atoms with van der Waals surface area (Å²) in [4.78, 5) is 56.3. The van der Waals surface area contributed by atoms with Crippen LogP contribution in [0.25, 0.3) is 10.9 Å². The maximum Gasteiger partial charge on any atom is 0.328 e. The molecule has 1 aromatic carbocycles. The van der Waals surface area contributed by atoms with Gasteiger partial charge in [-0.1, -0.05) is 12.1 Å². The number of halogens is 2. The van der Waals surface area contributed by atoms with Gasteiger partial charge in [0.15, 0.2) is 0 Å². The van der Waals surface area contributed by atoms with Gasteiger partial charge in [0.2, 0.25) is 11.8 Å². The number of carbonyl (C=O) groups excluding carboxylic acids is 2. The zero-order valence-electron chi connectivity index (χ0n) is 18.8. The SMILES string of the molecule is O=C(C1CCC(Cn2c(=O)[nH]c3ccccc3c2=O)CC1)N1CCN(C(=O)C2CC2(F)F)CC1. The van der Waals surface area contributed by atoms with Gasteiger partial charge >= 0.3 is 5.69 Å². The van der Waals surface area contributed by atoms with Gasteiger partial charge in [0.05, 0.1) is 10.9 Å². The van der Waals surface area contributed by atoms with Gasteiger partial charge in [-0.15, -0.1) is 0 Å². The second-order valence-corrected chi connectivity index (χ2v) is 9.78. The Morgan fingerprint density at radius 2 is 1.53 bits per heavy atom. The largest absolute Gasteiger partial charge is 0.339 e. The highest BCUT2D eigenvalue weighted by molar-refractivity contribution is 5.84.